The average molecular weight is 629 g/mol. The lowest BCUT2D eigenvalue weighted by Crippen LogP contribution is -2.44. The number of ether oxygens (including phenoxy) is 4. The maximum Gasteiger partial charge on any atom is 0.410 e. The number of amides is 1. The summed E-state index contributed by atoms with van der Waals surface area (Å²) in [6, 6.07) is 14.6. The molecule has 1 aliphatic rings. The van der Waals surface area contributed by atoms with Gasteiger partial charge in [-0.2, -0.15) is 0 Å². The Morgan fingerprint density at radius 2 is 1.64 bits per heavy atom. The molecule has 0 radical (unpaired) electrons. The zero-order valence-electron chi connectivity index (χ0n) is 25.4. The Balaban J connectivity index is 1.18. The molecule has 12 heteroatoms. The molecule has 1 saturated heterocycles. The van der Waals surface area contributed by atoms with Crippen molar-refractivity contribution in [1.29, 1.82) is 0 Å². The van der Waals surface area contributed by atoms with Crippen LogP contribution in [0, 0.1) is 0 Å². The third kappa shape index (κ3) is 6.93. The Kier molecular flexibility index (Phi) is 8.44. The van der Waals surface area contributed by atoms with Crippen molar-refractivity contribution in [3.63, 3.8) is 0 Å². The summed E-state index contributed by atoms with van der Waals surface area (Å²) in [6.45, 7) is 6.67. The number of piperidine rings is 1. The Morgan fingerprint density at radius 1 is 0.911 bits per heavy atom. The van der Waals surface area contributed by atoms with Gasteiger partial charge in [0.25, 0.3) is 0 Å². The number of anilines is 2. The monoisotopic (exact) mass is 628 g/mol. The first kappa shape index (κ1) is 30.1. The number of likely N-dealkylation sites (tertiary alicyclic amines) is 1. The number of halogens is 1. The van der Waals surface area contributed by atoms with E-state index in [1.807, 2.05) is 57.2 Å². The summed E-state index contributed by atoms with van der Waals surface area (Å²) in [5.41, 5.74) is 2.34. The third-order valence-corrected chi connectivity index (χ3v) is 7.47. The van der Waals surface area contributed by atoms with Crippen LogP contribution in [-0.2, 0) is 4.74 Å². The topological polar surface area (TPSA) is 121 Å². The minimum Gasteiger partial charge on any atom is -0.492 e. The maximum absolute atomic E-state index is 12.5. The van der Waals surface area contributed by atoms with Crippen LogP contribution >= 0.6 is 11.6 Å². The van der Waals surface area contributed by atoms with Crippen LogP contribution in [0.25, 0.3) is 21.9 Å². The molecule has 11 nitrogen and oxygen atoms in total. The molecule has 0 bridgehead atoms. The van der Waals surface area contributed by atoms with E-state index >= 15 is 0 Å². The van der Waals surface area contributed by atoms with Crippen LogP contribution in [-0.4, -0.2) is 62.8 Å². The molecule has 1 fully saturated rings. The third-order valence-electron chi connectivity index (χ3n) is 7.17. The van der Waals surface area contributed by atoms with Crippen LogP contribution in [0.4, 0.5) is 16.3 Å². The predicted molar refractivity (Wildman–Crippen MR) is 172 cm³/mol. The van der Waals surface area contributed by atoms with Crippen molar-refractivity contribution in [2.75, 3.05) is 25.5 Å². The van der Waals surface area contributed by atoms with Gasteiger partial charge in [0.05, 0.1) is 34.1 Å². The second-order valence-electron chi connectivity index (χ2n) is 11.6. The largest absolute Gasteiger partial charge is 0.492 e. The molecule has 5 aromatic rings. The summed E-state index contributed by atoms with van der Waals surface area (Å²) < 4.78 is 23.8. The minimum atomic E-state index is -0.536. The average Bonchev–Trinajstić information content (AvgIpc) is 3.02. The number of fused-ring (bicyclic) bond motifs is 2. The van der Waals surface area contributed by atoms with Crippen LogP contribution in [0.15, 0.2) is 67.3 Å². The van der Waals surface area contributed by atoms with Gasteiger partial charge in [0.15, 0.2) is 11.5 Å². The highest BCUT2D eigenvalue weighted by atomic mass is 35.5. The fourth-order valence-electron chi connectivity index (χ4n) is 5.09. The van der Waals surface area contributed by atoms with Crippen LogP contribution < -0.4 is 19.5 Å². The van der Waals surface area contributed by atoms with E-state index in [1.54, 1.807) is 36.5 Å². The van der Waals surface area contributed by atoms with E-state index < -0.39 is 5.60 Å². The Hall–Kier alpha value is -4.90. The number of hydrogen-bond donors (Lipinski definition) is 1. The van der Waals surface area contributed by atoms with E-state index in [0.29, 0.717) is 76.4 Å². The molecule has 3 heterocycles. The molecule has 0 atom stereocenters. The molecule has 0 saturated carbocycles. The molecule has 1 amide bonds. The van der Waals surface area contributed by atoms with Crippen LogP contribution in [0.2, 0.25) is 5.02 Å². The van der Waals surface area contributed by atoms with Gasteiger partial charge >= 0.3 is 6.09 Å². The summed E-state index contributed by atoms with van der Waals surface area (Å²) in [7, 11) is 1.59. The van der Waals surface area contributed by atoms with Crippen molar-refractivity contribution in [1.82, 2.24) is 24.8 Å². The number of nitrogens with zero attached hydrogens (tertiary/aromatic N) is 5. The van der Waals surface area contributed by atoms with Crippen molar-refractivity contribution >= 4 is 51.1 Å². The quantitative estimate of drug-likeness (QED) is 0.193. The lowest BCUT2D eigenvalue weighted by molar-refractivity contribution is 0.0124. The van der Waals surface area contributed by atoms with Gasteiger partial charge in [-0.15, -0.1) is 0 Å². The Labute approximate surface area is 265 Å². The van der Waals surface area contributed by atoms with E-state index in [2.05, 4.69) is 25.3 Å². The van der Waals surface area contributed by atoms with E-state index in [0.717, 1.165) is 11.0 Å². The molecule has 0 unspecified atom stereocenters. The standard InChI is InChI=1S/C33H33ClN6O5/c1-33(2,3)45-32(41)40-15-11-21(12-16-40)43-28-10-8-25-29(30(28)42-4)31(38-19-37-25)39-20-5-9-27(23(34)17-20)44-22-6-7-24-26(18-22)36-14-13-35-24/h5-10,13-14,17-19,21H,11-12,15-16H2,1-4H3,(H,37,38,39). The van der Waals surface area contributed by atoms with E-state index in [1.165, 1.54) is 6.33 Å². The Bertz CT molecular complexity index is 1860. The summed E-state index contributed by atoms with van der Waals surface area (Å²) in [6.07, 6.45) is 5.69. The van der Waals surface area contributed by atoms with E-state index in [4.69, 9.17) is 30.5 Å². The molecule has 232 valence electrons. The molecular weight excluding hydrogens is 596 g/mol. The van der Waals surface area contributed by atoms with Gasteiger partial charge in [-0.1, -0.05) is 11.6 Å². The van der Waals surface area contributed by atoms with Gasteiger partial charge in [-0.3, -0.25) is 9.97 Å². The highest BCUT2D eigenvalue weighted by molar-refractivity contribution is 6.32. The molecular formula is C33H33ClN6O5. The second kappa shape index (κ2) is 12.6. The molecule has 6 rings (SSSR count). The number of benzene rings is 3. The summed E-state index contributed by atoms with van der Waals surface area (Å²) in [4.78, 5) is 31.8. The van der Waals surface area contributed by atoms with Gasteiger partial charge in [-0.05, 0) is 63.2 Å². The van der Waals surface area contributed by atoms with Gasteiger partial charge in [0, 0.05) is 50.1 Å². The summed E-state index contributed by atoms with van der Waals surface area (Å²) in [5.74, 6) is 2.69. The number of hydrogen-bond acceptors (Lipinski definition) is 10. The van der Waals surface area contributed by atoms with Crippen molar-refractivity contribution in [2.45, 2.75) is 45.3 Å². The Morgan fingerprint density at radius 3 is 2.38 bits per heavy atom. The number of nitrogens with one attached hydrogen (secondary N) is 1. The number of carbonyl (C=O) groups excluding carboxylic acids is 1. The minimum absolute atomic E-state index is 0.0999. The molecule has 0 spiro atoms. The van der Waals surface area contributed by atoms with Crippen LogP contribution in [0.5, 0.6) is 23.0 Å². The van der Waals surface area contributed by atoms with Gasteiger partial charge in [0.1, 0.15) is 35.3 Å². The SMILES string of the molecule is COc1c(OC2CCN(C(=O)OC(C)(C)C)CC2)ccc2ncnc(Nc3ccc(Oc4ccc5nccnc5c4)c(Cl)c3)c12. The summed E-state index contributed by atoms with van der Waals surface area (Å²) >= 11 is 6.63. The molecule has 3 aromatic carbocycles. The zero-order chi connectivity index (χ0) is 31.6. The van der Waals surface area contributed by atoms with Crippen molar-refractivity contribution in [3.8, 4) is 23.0 Å². The van der Waals surface area contributed by atoms with E-state index in [-0.39, 0.29) is 12.2 Å². The van der Waals surface area contributed by atoms with Crippen LogP contribution in [0.1, 0.15) is 33.6 Å². The molecule has 0 aliphatic carbocycles. The van der Waals surface area contributed by atoms with Gasteiger partial charge < -0.3 is 29.2 Å². The molecule has 45 heavy (non-hydrogen) atoms. The lowest BCUT2D eigenvalue weighted by Gasteiger charge is -2.33. The molecule has 1 N–H and O–H groups in total. The van der Waals surface area contributed by atoms with E-state index in [9.17, 15) is 4.79 Å². The van der Waals surface area contributed by atoms with Crippen molar-refractivity contribution in [3.05, 3.63) is 72.3 Å². The highest BCUT2D eigenvalue weighted by Gasteiger charge is 2.28. The number of aromatic nitrogens is 4. The number of methoxy groups -OCH3 is 1. The second-order valence-corrected chi connectivity index (χ2v) is 12.0. The van der Waals surface area contributed by atoms with Gasteiger partial charge in [0.2, 0.25) is 0 Å². The van der Waals surface area contributed by atoms with Crippen LogP contribution in [0.3, 0.4) is 0 Å². The smallest absolute Gasteiger partial charge is 0.410 e. The fourth-order valence-corrected chi connectivity index (χ4v) is 5.31. The maximum atomic E-state index is 12.5. The first-order chi connectivity index (χ1) is 21.7. The van der Waals surface area contributed by atoms with Crippen molar-refractivity contribution in [2.24, 2.45) is 0 Å². The highest BCUT2D eigenvalue weighted by Crippen LogP contribution is 2.41. The number of rotatable bonds is 7. The molecule has 2 aromatic heterocycles. The first-order valence-electron chi connectivity index (χ1n) is 14.6. The zero-order valence-corrected chi connectivity index (χ0v) is 26.2. The van der Waals surface area contributed by atoms with Gasteiger partial charge in [-0.25, -0.2) is 14.8 Å². The van der Waals surface area contributed by atoms with Crippen molar-refractivity contribution < 1.29 is 23.7 Å². The first-order valence-corrected chi connectivity index (χ1v) is 15.0. The summed E-state index contributed by atoms with van der Waals surface area (Å²) in [5, 5.41) is 4.42. The lowest BCUT2D eigenvalue weighted by atomic mass is 10.1. The molecule has 1 aliphatic heterocycles. The fraction of sp³-hybridized carbons (Fsp3) is 0.303. The number of carbonyl (C=O) groups is 1. The normalized spacial score (nSPS) is 13.9. The predicted octanol–water partition coefficient (Wildman–Crippen LogP) is 7.55.